The van der Waals surface area contributed by atoms with Gasteiger partial charge in [0, 0.05) is 19.0 Å². The van der Waals surface area contributed by atoms with Gasteiger partial charge in [-0.25, -0.2) is 0 Å². The standard InChI is InChI=1S/C15H23ClN4O2/c1-10(2)12(9-21)17-15(22)11-5-7-20(8-6-11)14-4-3-13(16)18-19-14/h3-4,10-12,21H,5-9H2,1-2H3,(H,17,22)/t12-/m0/s1. The fraction of sp³-hybridized carbons (Fsp3) is 0.667. The highest BCUT2D eigenvalue weighted by atomic mass is 35.5. The molecular formula is C15H23ClN4O2. The normalized spacial score (nSPS) is 17.6. The van der Waals surface area contributed by atoms with Crippen molar-refractivity contribution in [2.24, 2.45) is 11.8 Å². The number of amides is 1. The largest absolute Gasteiger partial charge is 0.394 e. The van der Waals surface area contributed by atoms with Crippen molar-refractivity contribution in [1.29, 1.82) is 0 Å². The molecule has 7 heteroatoms. The summed E-state index contributed by atoms with van der Waals surface area (Å²) < 4.78 is 0. The Balaban J connectivity index is 1.86. The number of carbonyl (C=O) groups excluding carboxylic acids is 1. The first-order valence-electron chi connectivity index (χ1n) is 7.66. The van der Waals surface area contributed by atoms with Crippen LogP contribution < -0.4 is 10.2 Å². The third kappa shape index (κ3) is 4.30. The highest BCUT2D eigenvalue weighted by Gasteiger charge is 2.27. The van der Waals surface area contributed by atoms with Crippen LogP contribution in [-0.4, -0.2) is 46.9 Å². The van der Waals surface area contributed by atoms with Crippen molar-refractivity contribution in [3.05, 3.63) is 17.3 Å². The van der Waals surface area contributed by atoms with Gasteiger partial charge in [0.1, 0.15) is 0 Å². The van der Waals surface area contributed by atoms with Gasteiger partial charge in [-0.15, -0.1) is 10.2 Å². The van der Waals surface area contributed by atoms with Crippen LogP contribution in [0.2, 0.25) is 5.15 Å². The molecule has 0 saturated carbocycles. The third-order valence-corrected chi connectivity index (χ3v) is 4.34. The van der Waals surface area contributed by atoms with E-state index >= 15 is 0 Å². The van der Waals surface area contributed by atoms with Crippen LogP contribution in [0.25, 0.3) is 0 Å². The van der Waals surface area contributed by atoms with Crippen LogP contribution in [0.5, 0.6) is 0 Å². The van der Waals surface area contributed by atoms with Crippen LogP contribution in [0.3, 0.4) is 0 Å². The lowest BCUT2D eigenvalue weighted by molar-refractivity contribution is -0.127. The van der Waals surface area contributed by atoms with E-state index in [1.807, 2.05) is 19.9 Å². The minimum atomic E-state index is -0.173. The molecule has 1 aromatic heterocycles. The molecule has 122 valence electrons. The molecule has 0 unspecified atom stereocenters. The molecule has 0 radical (unpaired) electrons. The van der Waals surface area contributed by atoms with E-state index < -0.39 is 0 Å². The molecule has 0 spiro atoms. The smallest absolute Gasteiger partial charge is 0.223 e. The van der Waals surface area contributed by atoms with Gasteiger partial charge >= 0.3 is 0 Å². The minimum Gasteiger partial charge on any atom is -0.394 e. The lowest BCUT2D eigenvalue weighted by atomic mass is 9.94. The molecule has 1 saturated heterocycles. The Morgan fingerprint density at radius 2 is 2.09 bits per heavy atom. The zero-order valence-corrected chi connectivity index (χ0v) is 13.8. The van der Waals surface area contributed by atoms with E-state index in [1.54, 1.807) is 6.07 Å². The second-order valence-corrected chi connectivity index (χ2v) is 6.40. The lowest BCUT2D eigenvalue weighted by Gasteiger charge is -2.32. The quantitative estimate of drug-likeness (QED) is 0.857. The van der Waals surface area contributed by atoms with Gasteiger partial charge in [0.25, 0.3) is 0 Å². The first-order valence-corrected chi connectivity index (χ1v) is 8.04. The van der Waals surface area contributed by atoms with Gasteiger partial charge < -0.3 is 15.3 Å². The molecule has 2 heterocycles. The molecule has 1 aliphatic heterocycles. The average molecular weight is 327 g/mol. The molecule has 6 nitrogen and oxygen atoms in total. The van der Waals surface area contributed by atoms with Crippen molar-refractivity contribution in [2.45, 2.75) is 32.7 Å². The summed E-state index contributed by atoms with van der Waals surface area (Å²) in [6.45, 7) is 5.48. The Labute approximate surface area is 135 Å². The number of anilines is 1. The zero-order valence-electron chi connectivity index (χ0n) is 13.0. The summed E-state index contributed by atoms with van der Waals surface area (Å²) in [4.78, 5) is 14.4. The van der Waals surface area contributed by atoms with Crippen LogP contribution >= 0.6 is 11.6 Å². The first kappa shape index (κ1) is 17.0. The first-order chi connectivity index (χ1) is 10.5. The van der Waals surface area contributed by atoms with E-state index in [4.69, 9.17) is 11.6 Å². The number of piperidine rings is 1. The maximum absolute atomic E-state index is 12.3. The number of aliphatic hydroxyl groups excluding tert-OH is 1. The summed E-state index contributed by atoms with van der Waals surface area (Å²) in [6, 6.07) is 3.39. The van der Waals surface area contributed by atoms with Gasteiger partial charge in [-0.2, -0.15) is 0 Å². The number of aromatic nitrogens is 2. The van der Waals surface area contributed by atoms with Crippen LogP contribution in [0.4, 0.5) is 5.82 Å². The predicted molar refractivity (Wildman–Crippen MR) is 85.8 cm³/mol. The van der Waals surface area contributed by atoms with Crippen molar-refractivity contribution in [1.82, 2.24) is 15.5 Å². The fourth-order valence-corrected chi connectivity index (χ4v) is 2.67. The van der Waals surface area contributed by atoms with Crippen LogP contribution in [0, 0.1) is 11.8 Å². The van der Waals surface area contributed by atoms with Crippen molar-refractivity contribution in [3.8, 4) is 0 Å². The number of nitrogens with one attached hydrogen (secondary N) is 1. The molecule has 0 aromatic carbocycles. The van der Waals surface area contributed by atoms with Gasteiger partial charge in [-0.1, -0.05) is 25.4 Å². The molecule has 1 aliphatic rings. The second kappa shape index (κ2) is 7.74. The van der Waals surface area contributed by atoms with Gasteiger partial charge in [0.15, 0.2) is 11.0 Å². The number of hydrogen-bond acceptors (Lipinski definition) is 5. The number of nitrogens with zero attached hydrogens (tertiary/aromatic N) is 3. The summed E-state index contributed by atoms with van der Waals surface area (Å²) in [7, 11) is 0. The molecule has 1 fully saturated rings. The molecule has 0 bridgehead atoms. The van der Waals surface area contributed by atoms with E-state index in [0.29, 0.717) is 5.15 Å². The molecule has 2 N–H and O–H groups in total. The summed E-state index contributed by atoms with van der Waals surface area (Å²) in [5, 5.41) is 20.5. The van der Waals surface area contributed by atoms with Crippen LogP contribution in [0.1, 0.15) is 26.7 Å². The maximum Gasteiger partial charge on any atom is 0.223 e. The Kier molecular flexibility index (Phi) is 5.97. The number of rotatable bonds is 5. The summed E-state index contributed by atoms with van der Waals surface area (Å²) >= 11 is 5.74. The molecule has 1 amide bonds. The zero-order chi connectivity index (χ0) is 16.1. The third-order valence-electron chi connectivity index (χ3n) is 4.14. The Morgan fingerprint density at radius 3 is 2.59 bits per heavy atom. The van der Waals surface area contributed by atoms with Crippen molar-refractivity contribution < 1.29 is 9.90 Å². The van der Waals surface area contributed by atoms with Gasteiger partial charge in [0.05, 0.1) is 12.6 Å². The second-order valence-electron chi connectivity index (χ2n) is 6.02. The minimum absolute atomic E-state index is 0.00990. The van der Waals surface area contributed by atoms with E-state index in [0.717, 1.165) is 31.7 Å². The molecule has 1 aromatic rings. The van der Waals surface area contributed by atoms with E-state index in [-0.39, 0.29) is 30.4 Å². The lowest BCUT2D eigenvalue weighted by Crippen LogP contribution is -2.47. The number of carbonyl (C=O) groups is 1. The van der Waals surface area contributed by atoms with E-state index in [9.17, 15) is 9.90 Å². The summed E-state index contributed by atoms with van der Waals surface area (Å²) in [5.41, 5.74) is 0. The number of hydrogen-bond donors (Lipinski definition) is 2. The van der Waals surface area contributed by atoms with Gasteiger partial charge in [0.2, 0.25) is 5.91 Å². The molecule has 22 heavy (non-hydrogen) atoms. The molecule has 2 rings (SSSR count). The summed E-state index contributed by atoms with van der Waals surface area (Å²) in [6.07, 6.45) is 1.54. The van der Waals surface area contributed by atoms with Gasteiger partial charge in [-0.3, -0.25) is 4.79 Å². The Hall–Kier alpha value is -1.40. The fourth-order valence-electron chi connectivity index (χ4n) is 2.57. The van der Waals surface area contributed by atoms with E-state index in [2.05, 4.69) is 20.4 Å². The maximum atomic E-state index is 12.3. The monoisotopic (exact) mass is 326 g/mol. The Morgan fingerprint density at radius 1 is 1.41 bits per heavy atom. The molecule has 0 aliphatic carbocycles. The average Bonchev–Trinajstić information content (AvgIpc) is 2.53. The van der Waals surface area contributed by atoms with E-state index in [1.165, 1.54) is 0 Å². The number of halogens is 1. The summed E-state index contributed by atoms with van der Waals surface area (Å²) in [5.74, 6) is 1.04. The molecular weight excluding hydrogens is 304 g/mol. The highest BCUT2D eigenvalue weighted by Crippen LogP contribution is 2.22. The predicted octanol–water partition coefficient (Wildman–Crippen LogP) is 1.48. The SMILES string of the molecule is CC(C)[C@H](CO)NC(=O)C1CCN(c2ccc(Cl)nn2)CC1. The van der Waals surface area contributed by atoms with Crippen molar-refractivity contribution >= 4 is 23.3 Å². The Bertz CT molecular complexity index is 487. The number of aliphatic hydroxyl groups is 1. The molecule has 1 atom stereocenters. The van der Waals surface area contributed by atoms with Crippen molar-refractivity contribution in [2.75, 3.05) is 24.6 Å². The topological polar surface area (TPSA) is 78.4 Å². The highest BCUT2D eigenvalue weighted by molar-refractivity contribution is 6.29. The van der Waals surface area contributed by atoms with Crippen LogP contribution in [0.15, 0.2) is 12.1 Å². The van der Waals surface area contributed by atoms with Gasteiger partial charge in [-0.05, 0) is 30.9 Å². The van der Waals surface area contributed by atoms with Crippen molar-refractivity contribution in [3.63, 3.8) is 0 Å². The van der Waals surface area contributed by atoms with Crippen LogP contribution in [-0.2, 0) is 4.79 Å².